The number of hydrogen-bond acceptors (Lipinski definition) is 4. The van der Waals surface area contributed by atoms with Crippen LogP contribution < -0.4 is 10.6 Å². The van der Waals surface area contributed by atoms with E-state index in [2.05, 4.69) is 44.6 Å². The van der Waals surface area contributed by atoms with Gasteiger partial charge in [-0.05, 0) is 31.4 Å². The van der Waals surface area contributed by atoms with E-state index in [1.165, 1.54) is 0 Å². The minimum atomic E-state index is 0.0975. The van der Waals surface area contributed by atoms with Crippen molar-refractivity contribution in [3.8, 4) is 0 Å². The highest BCUT2D eigenvalue weighted by molar-refractivity contribution is 8.00. The number of guanidine groups is 1. The maximum absolute atomic E-state index is 5.61. The Kier molecular flexibility index (Phi) is 8.72. The van der Waals surface area contributed by atoms with Gasteiger partial charge in [-0.15, -0.1) is 0 Å². The molecule has 23 heavy (non-hydrogen) atoms. The number of aliphatic imine (C=N–C) groups is 1. The minimum absolute atomic E-state index is 0.0975. The Morgan fingerprint density at radius 3 is 2.43 bits per heavy atom. The van der Waals surface area contributed by atoms with E-state index in [0.29, 0.717) is 0 Å². The molecule has 0 bridgehead atoms. The van der Waals surface area contributed by atoms with Crippen LogP contribution in [0, 0.1) is 5.41 Å². The minimum Gasteiger partial charge on any atom is -0.381 e. The van der Waals surface area contributed by atoms with Crippen LogP contribution in [-0.2, 0) is 9.47 Å². The molecule has 0 spiro atoms. The molecule has 1 atom stereocenters. The van der Waals surface area contributed by atoms with E-state index in [-0.39, 0.29) is 16.3 Å². The summed E-state index contributed by atoms with van der Waals surface area (Å²) in [5.74, 6) is 0.874. The lowest BCUT2D eigenvalue weighted by molar-refractivity contribution is 0.0205. The quantitative estimate of drug-likeness (QED) is 0.548. The summed E-state index contributed by atoms with van der Waals surface area (Å²) in [5, 5.41) is 6.77. The third-order valence-corrected chi connectivity index (χ3v) is 5.82. The zero-order chi connectivity index (χ0) is 17.3. The monoisotopic (exact) mass is 345 g/mol. The SMILES string of the molecule is CCNC(=NCC1(SC)CCOCC1)NCC(OC)C(C)(C)C. The van der Waals surface area contributed by atoms with E-state index in [0.717, 1.165) is 51.6 Å². The van der Waals surface area contributed by atoms with E-state index in [1.807, 2.05) is 11.8 Å². The number of hydrogen-bond donors (Lipinski definition) is 2. The van der Waals surface area contributed by atoms with Crippen LogP contribution in [0.15, 0.2) is 4.99 Å². The summed E-state index contributed by atoms with van der Waals surface area (Å²) in [5.41, 5.74) is 0.0975. The van der Waals surface area contributed by atoms with Gasteiger partial charge in [0.15, 0.2) is 5.96 Å². The largest absolute Gasteiger partial charge is 0.381 e. The number of thioether (sulfide) groups is 1. The van der Waals surface area contributed by atoms with Crippen molar-refractivity contribution in [2.75, 3.05) is 46.2 Å². The summed E-state index contributed by atoms with van der Waals surface area (Å²) in [6.07, 6.45) is 4.46. The molecule has 136 valence electrons. The molecule has 0 aliphatic carbocycles. The summed E-state index contributed by atoms with van der Waals surface area (Å²) in [7, 11) is 1.77. The third-order valence-electron chi connectivity index (χ3n) is 4.41. The molecule has 6 heteroatoms. The summed E-state index contributed by atoms with van der Waals surface area (Å²) in [6.45, 7) is 12.8. The standard InChI is InChI=1S/C17H35N3O2S/c1-7-18-15(19-12-14(21-5)16(2,3)4)20-13-17(23-6)8-10-22-11-9-17/h14H,7-13H2,1-6H3,(H2,18,19,20). The van der Waals surface area contributed by atoms with Crippen LogP contribution in [0.4, 0.5) is 0 Å². The van der Waals surface area contributed by atoms with Crippen molar-refractivity contribution in [3.63, 3.8) is 0 Å². The van der Waals surface area contributed by atoms with E-state index in [1.54, 1.807) is 7.11 Å². The van der Waals surface area contributed by atoms with Gasteiger partial charge < -0.3 is 20.1 Å². The van der Waals surface area contributed by atoms with E-state index >= 15 is 0 Å². The fraction of sp³-hybridized carbons (Fsp3) is 0.941. The Labute approximate surface area is 146 Å². The van der Waals surface area contributed by atoms with E-state index in [9.17, 15) is 0 Å². The van der Waals surface area contributed by atoms with Crippen LogP contribution in [-0.4, -0.2) is 63.0 Å². The number of rotatable bonds is 7. The van der Waals surface area contributed by atoms with E-state index < -0.39 is 0 Å². The number of methoxy groups -OCH3 is 1. The molecule has 2 N–H and O–H groups in total. The predicted molar refractivity (Wildman–Crippen MR) is 101 cm³/mol. The Balaban J connectivity index is 2.65. The molecule has 1 aliphatic heterocycles. The highest BCUT2D eigenvalue weighted by atomic mass is 32.2. The third kappa shape index (κ3) is 6.89. The molecule has 0 radical (unpaired) electrons. The van der Waals surface area contributed by atoms with Crippen LogP contribution in [0.3, 0.4) is 0 Å². The molecule has 1 saturated heterocycles. The van der Waals surface area contributed by atoms with Gasteiger partial charge in [0.2, 0.25) is 0 Å². The van der Waals surface area contributed by atoms with Crippen molar-refractivity contribution in [2.24, 2.45) is 10.4 Å². The molecule has 0 amide bonds. The lowest BCUT2D eigenvalue weighted by atomic mass is 9.89. The molecule has 0 saturated carbocycles. The molecular weight excluding hydrogens is 310 g/mol. The molecule has 0 aromatic rings. The first-order valence-electron chi connectivity index (χ1n) is 8.55. The summed E-state index contributed by atoms with van der Waals surface area (Å²) >= 11 is 1.92. The van der Waals surface area contributed by atoms with Crippen molar-refractivity contribution in [1.82, 2.24) is 10.6 Å². The smallest absolute Gasteiger partial charge is 0.191 e. The van der Waals surface area contributed by atoms with Crippen LogP contribution in [0.1, 0.15) is 40.5 Å². The average molecular weight is 346 g/mol. The average Bonchev–Trinajstić information content (AvgIpc) is 2.52. The number of nitrogens with zero attached hydrogens (tertiary/aromatic N) is 1. The molecule has 1 rings (SSSR count). The van der Waals surface area contributed by atoms with Gasteiger partial charge in [0, 0.05) is 38.2 Å². The molecule has 1 aliphatic rings. The van der Waals surface area contributed by atoms with Gasteiger partial charge >= 0.3 is 0 Å². The zero-order valence-corrected chi connectivity index (χ0v) is 16.5. The van der Waals surface area contributed by atoms with Gasteiger partial charge in [-0.1, -0.05) is 20.8 Å². The van der Waals surface area contributed by atoms with Gasteiger partial charge in [-0.3, -0.25) is 4.99 Å². The normalized spacial score (nSPS) is 20.2. The lowest BCUT2D eigenvalue weighted by Crippen LogP contribution is -2.46. The van der Waals surface area contributed by atoms with Crippen LogP contribution in [0.5, 0.6) is 0 Å². The number of nitrogens with one attached hydrogen (secondary N) is 2. The van der Waals surface area contributed by atoms with Crippen molar-refractivity contribution in [2.45, 2.75) is 51.4 Å². The van der Waals surface area contributed by atoms with Crippen LogP contribution in [0.25, 0.3) is 0 Å². The van der Waals surface area contributed by atoms with Gasteiger partial charge in [0.05, 0.1) is 12.6 Å². The molecule has 0 aromatic heterocycles. The number of ether oxygens (including phenoxy) is 2. The zero-order valence-electron chi connectivity index (χ0n) is 15.7. The van der Waals surface area contributed by atoms with Crippen LogP contribution in [0.2, 0.25) is 0 Å². The maximum Gasteiger partial charge on any atom is 0.191 e. The van der Waals surface area contributed by atoms with E-state index in [4.69, 9.17) is 14.5 Å². The van der Waals surface area contributed by atoms with Gasteiger partial charge in [0.1, 0.15) is 0 Å². The summed E-state index contributed by atoms with van der Waals surface area (Å²) in [6, 6.07) is 0. The lowest BCUT2D eigenvalue weighted by Gasteiger charge is -2.34. The second-order valence-corrected chi connectivity index (χ2v) is 8.44. The Morgan fingerprint density at radius 2 is 1.96 bits per heavy atom. The fourth-order valence-electron chi connectivity index (χ4n) is 2.67. The predicted octanol–water partition coefficient (Wildman–Crippen LogP) is 2.51. The highest BCUT2D eigenvalue weighted by Crippen LogP contribution is 2.34. The summed E-state index contributed by atoms with van der Waals surface area (Å²) in [4.78, 5) is 4.83. The van der Waals surface area contributed by atoms with Gasteiger partial charge in [-0.2, -0.15) is 11.8 Å². The molecule has 1 fully saturated rings. The molecule has 1 heterocycles. The summed E-state index contributed by atoms with van der Waals surface area (Å²) < 4.78 is 11.3. The Hall–Kier alpha value is -0.460. The first-order valence-corrected chi connectivity index (χ1v) is 9.77. The van der Waals surface area contributed by atoms with Gasteiger partial charge in [-0.25, -0.2) is 0 Å². The van der Waals surface area contributed by atoms with Crippen molar-refractivity contribution in [3.05, 3.63) is 0 Å². The Morgan fingerprint density at radius 1 is 1.30 bits per heavy atom. The Bertz CT molecular complexity index is 363. The first-order chi connectivity index (χ1) is 10.9. The molecule has 1 unspecified atom stereocenters. The molecule has 5 nitrogen and oxygen atoms in total. The maximum atomic E-state index is 5.61. The van der Waals surface area contributed by atoms with Gasteiger partial charge in [0.25, 0.3) is 0 Å². The van der Waals surface area contributed by atoms with Crippen LogP contribution >= 0.6 is 11.8 Å². The second-order valence-electron chi connectivity index (χ2n) is 7.17. The van der Waals surface area contributed by atoms with Crippen molar-refractivity contribution in [1.29, 1.82) is 0 Å². The van der Waals surface area contributed by atoms with Crippen molar-refractivity contribution >= 4 is 17.7 Å². The first kappa shape index (κ1) is 20.6. The fourth-order valence-corrected chi connectivity index (χ4v) is 3.44. The topological polar surface area (TPSA) is 54.9 Å². The van der Waals surface area contributed by atoms with Crippen molar-refractivity contribution < 1.29 is 9.47 Å². The highest BCUT2D eigenvalue weighted by Gasteiger charge is 2.31. The molecular formula is C17H35N3O2S. The molecule has 0 aromatic carbocycles. The second kappa shape index (κ2) is 9.74.